The maximum Gasteiger partial charge on any atom is 0.319 e. The Labute approximate surface area is 207 Å². The number of urea groups is 1. The normalized spacial score (nSPS) is 12.0. The van der Waals surface area contributed by atoms with Crippen molar-refractivity contribution in [3.05, 3.63) is 87.9 Å². The van der Waals surface area contributed by atoms with Crippen molar-refractivity contribution in [2.45, 2.75) is 24.3 Å². The van der Waals surface area contributed by atoms with Gasteiger partial charge in [0.15, 0.2) is 0 Å². The van der Waals surface area contributed by atoms with E-state index in [1.54, 1.807) is 25.1 Å². The smallest absolute Gasteiger partial charge is 0.319 e. The maximum absolute atomic E-state index is 12.6. The average Bonchev–Trinajstić information content (AvgIpc) is 2.76. The lowest BCUT2D eigenvalue weighted by molar-refractivity contribution is -0.136. The summed E-state index contributed by atoms with van der Waals surface area (Å²) in [6, 6.07) is 15.9. The van der Waals surface area contributed by atoms with E-state index >= 15 is 0 Å². The van der Waals surface area contributed by atoms with Gasteiger partial charge < -0.3 is 15.7 Å². The van der Waals surface area contributed by atoms with Gasteiger partial charge in [-0.2, -0.15) is 0 Å². The number of hydrogen-bond donors (Lipinski definition) is 4. The van der Waals surface area contributed by atoms with E-state index < -0.39 is 28.1 Å². The van der Waals surface area contributed by atoms with Crippen molar-refractivity contribution >= 4 is 56.6 Å². The van der Waals surface area contributed by atoms with Crippen molar-refractivity contribution < 1.29 is 23.1 Å². The first-order chi connectivity index (χ1) is 16.0. The summed E-state index contributed by atoms with van der Waals surface area (Å²) in [6.45, 7) is 1.76. The molecule has 0 radical (unpaired) electrons. The number of hydrogen-bond acceptors (Lipinski definition) is 4. The highest BCUT2D eigenvalue weighted by Crippen LogP contribution is 2.29. The van der Waals surface area contributed by atoms with Crippen molar-refractivity contribution in [1.82, 2.24) is 5.32 Å². The molecular formula is C23H21Cl2N3O5S. The first kappa shape index (κ1) is 25.4. The third-order valence-corrected chi connectivity index (χ3v) is 7.01. The van der Waals surface area contributed by atoms with Crippen LogP contribution in [0.4, 0.5) is 16.2 Å². The SMILES string of the molecule is C[C@H](NC(=O)Nc1ccc(S(=O)(=O)Nc2ccc(CC(=O)O)cc2)cc1)c1cccc(Cl)c1Cl. The molecule has 4 N–H and O–H groups in total. The van der Waals surface area contributed by atoms with Crippen LogP contribution in [0.25, 0.3) is 0 Å². The molecule has 0 heterocycles. The number of nitrogens with one attached hydrogen (secondary N) is 3. The first-order valence-electron chi connectivity index (χ1n) is 10.00. The lowest BCUT2D eigenvalue weighted by atomic mass is 10.1. The minimum absolute atomic E-state index is 0.00727. The predicted octanol–water partition coefficient (Wildman–Crippen LogP) is 5.30. The number of sulfonamides is 1. The summed E-state index contributed by atoms with van der Waals surface area (Å²) in [5.41, 5.74) is 1.90. The highest BCUT2D eigenvalue weighted by Gasteiger charge is 2.16. The molecule has 2 amide bonds. The Kier molecular flexibility index (Phi) is 8.03. The maximum atomic E-state index is 12.6. The number of benzene rings is 3. The van der Waals surface area contributed by atoms with E-state index in [9.17, 15) is 18.0 Å². The van der Waals surface area contributed by atoms with Gasteiger partial charge in [-0.1, -0.05) is 47.5 Å². The molecule has 0 aromatic heterocycles. The number of rotatable bonds is 8. The van der Waals surface area contributed by atoms with E-state index in [1.165, 1.54) is 48.5 Å². The van der Waals surface area contributed by atoms with E-state index in [0.29, 0.717) is 32.5 Å². The minimum Gasteiger partial charge on any atom is -0.481 e. The molecule has 1 atom stereocenters. The van der Waals surface area contributed by atoms with Crippen LogP contribution < -0.4 is 15.4 Å². The number of aliphatic carboxylic acids is 1. The molecule has 0 saturated heterocycles. The zero-order chi connectivity index (χ0) is 24.9. The number of carboxylic acid groups (broad SMARTS) is 1. The van der Waals surface area contributed by atoms with Gasteiger partial charge in [-0.15, -0.1) is 0 Å². The lowest BCUT2D eigenvalue weighted by Gasteiger charge is -2.17. The van der Waals surface area contributed by atoms with Crippen LogP contribution in [-0.4, -0.2) is 25.5 Å². The van der Waals surface area contributed by atoms with Crippen LogP contribution in [0.3, 0.4) is 0 Å². The molecule has 0 aliphatic carbocycles. The summed E-state index contributed by atoms with van der Waals surface area (Å²) in [7, 11) is -3.88. The molecule has 8 nitrogen and oxygen atoms in total. The third-order valence-electron chi connectivity index (χ3n) is 4.78. The highest BCUT2D eigenvalue weighted by atomic mass is 35.5. The van der Waals surface area contributed by atoms with E-state index in [1.807, 2.05) is 0 Å². The Morgan fingerprint density at radius 2 is 1.56 bits per heavy atom. The second-order valence-corrected chi connectivity index (χ2v) is 9.83. The third kappa shape index (κ3) is 6.63. The fourth-order valence-corrected chi connectivity index (χ4v) is 4.62. The van der Waals surface area contributed by atoms with Crippen molar-refractivity contribution in [1.29, 1.82) is 0 Å². The van der Waals surface area contributed by atoms with Crippen LogP contribution in [0.15, 0.2) is 71.6 Å². The molecule has 0 unspecified atom stereocenters. The molecule has 3 aromatic rings. The van der Waals surface area contributed by atoms with Gasteiger partial charge >= 0.3 is 12.0 Å². The predicted molar refractivity (Wildman–Crippen MR) is 132 cm³/mol. The van der Waals surface area contributed by atoms with Crippen LogP contribution >= 0.6 is 23.2 Å². The first-order valence-corrected chi connectivity index (χ1v) is 12.2. The summed E-state index contributed by atoms with van der Waals surface area (Å²) >= 11 is 12.2. The number of carboxylic acids is 1. The van der Waals surface area contributed by atoms with Crippen molar-refractivity contribution in [2.75, 3.05) is 10.0 Å². The Morgan fingerprint density at radius 1 is 0.941 bits per heavy atom. The number of anilines is 2. The monoisotopic (exact) mass is 521 g/mol. The molecule has 178 valence electrons. The molecule has 0 aliphatic rings. The lowest BCUT2D eigenvalue weighted by Crippen LogP contribution is -2.31. The number of carbonyl (C=O) groups excluding carboxylic acids is 1. The molecule has 0 spiro atoms. The van der Waals surface area contributed by atoms with Crippen LogP contribution in [0.5, 0.6) is 0 Å². The molecule has 3 rings (SSSR count). The van der Waals surface area contributed by atoms with Gasteiger partial charge in [0.25, 0.3) is 10.0 Å². The van der Waals surface area contributed by atoms with Gasteiger partial charge in [-0.3, -0.25) is 9.52 Å². The van der Waals surface area contributed by atoms with Crippen LogP contribution in [0, 0.1) is 0 Å². The Bertz CT molecular complexity index is 1300. The van der Waals surface area contributed by atoms with Crippen LogP contribution in [0.1, 0.15) is 24.1 Å². The molecule has 0 aliphatic heterocycles. The number of halogens is 2. The fourth-order valence-electron chi connectivity index (χ4n) is 3.09. The van der Waals surface area contributed by atoms with Gasteiger partial charge in [0, 0.05) is 11.4 Å². The summed E-state index contributed by atoms with van der Waals surface area (Å²) in [4.78, 5) is 23.1. The molecular weight excluding hydrogens is 501 g/mol. The molecule has 0 bridgehead atoms. The second-order valence-electron chi connectivity index (χ2n) is 7.36. The zero-order valence-electron chi connectivity index (χ0n) is 17.9. The fraction of sp³-hybridized carbons (Fsp3) is 0.130. The standard InChI is InChI=1S/C23H21Cl2N3O5S/c1-14(19-3-2-4-20(24)22(19)25)26-23(31)27-16-9-11-18(12-10-16)34(32,33)28-17-7-5-15(6-8-17)13-21(29)30/h2-12,14,28H,13H2,1H3,(H,29,30)(H2,26,27,31)/t14-/m0/s1. The van der Waals surface area contributed by atoms with Crippen LogP contribution in [-0.2, 0) is 21.2 Å². The molecule has 3 aromatic carbocycles. The Balaban J connectivity index is 1.61. The van der Waals surface area contributed by atoms with E-state index in [0.717, 1.165) is 0 Å². The topological polar surface area (TPSA) is 125 Å². The summed E-state index contributed by atoms with van der Waals surface area (Å²) in [5, 5.41) is 14.9. The second kappa shape index (κ2) is 10.8. The quantitative estimate of drug-likeness (QED) is 0.320. The zero-order valence-corrected chi connectivity index (χ0v) is 20.2. The van der Waals surface area contributed by atoms with Gasteiger partial charge in [-0.05, 0) is 60.5 Å². The van der Waals surface area contributed by atoms with Crippen molar-refractivity contribution in [3.8, 4) is 0 Å². The Morgan fingerprint density at radius 3 is 2.18 bits per heavy atom. The van der Waals surface area contributed by atoms with Gasteiger partial charge in [-0.25, -0.2) is 13.2 Å². The van der Waals surface area contributed by atoms with E-state index in [-0.39, 0.29) is 11.3 Å². The molecule has 11 heteroatoms. The summed E-state index contributed by atoms with van der Waals surface area (Å²) < 4.78 is 27.7. The van der Waals surface area contributed by atoms with Gasteiger partial charge in [0.1, 0.15) is 0 Å². The Hall–Kier alpha value is -3.27. The molecule has 0 fully saturated rings. The van der Waals surface area contributed by atoms with Gasteiger partial charge in [0.2, 0.25) is 0 Å². The highest BCUT2D eigenvalue weighted by molar-refractivity contribution is 7.92. The van der Waals surface area contributed by atoms with Crippen molar-refractivity contribution in [3.63, 3.8) is 0 Å². The van der Waals surface area contributed by atoms with Gasteiger partial charge in [0.05, 0.1) is 27.4 Å². The molecule has 0 saturated carbocycles. The largest absolute Gasteiger partial charge is 0.481 e. The van der Waals surface area contributed by atoms with Crippen LogP contribution in [0.2, 0.25) is 10.0 Å². The van der Waals surface area contributed by atoms with E-state index in [2.05, 4.69) is 15.4 Å². The molecule has 34 heavy (non-hydrogen) atoms. The number of amides is 2. The summed E-state index contributed by atoms with van der Waals surface area (Å²) in [5.74, 6) is -0.974. The minimum atomic E-state index is -3.88. The van der Waals surface area contributed by atoms with E-state index in [4.69, 9.17) is 28.3 Å². The van der Waals surface area contributed by atoms with Crippen molar-refractivity contribution in [2.24, 2.45) is 0 Å². The average molecular weight is 522 g/mol. The summed E-state index contributed by atoms with van der Waals surface area (Å²) in [6.07, 6.45) is -0.153. The number of carbonyl (C=O) groups is 2.